The van der Waals surface area contributed by atoms with E-state index in [0.29, 0.717) is 17.5 Å². The van der Waals surface area contributed by atoms with Crippen LogP contribution in [0, 0.1) is 11.7 Å². The fourth-order valence-electron chi connectivity index (χ4n) is 3.95. The van der Waals surface area contributed by atoms with Crippen LogP contribution < -0.4 is 15.4 Å². The predicted molar refractivity (Wildman–Crippen MR) is 128 cm³/mol. The molecule has 2 amide bonds. The van der Waals surface area contributed by atoms with E-state index in [1.54, 1.807) is 12.1 Å². The normalized spacial score (nSPS) is 18.5. The molecule has 3 rings (SSSR count). The van der Waals surface area contributed by atoms with Crippen molar-refractivity contribution in [3.05, 3.63) is 63.9 Å². The van der Waals surface area contributed by atoms with Crippen LogP contribution in [0.2, 0.25) is 10.0 Å². The van der Waals surface area contributed by atoms with Crippen molar-refractivity contribution < 1.29 is 18.7 Å². The Hall–Kier alpha value is -2.31. The second-order valence-corrected chi connectivity index (χ2v) is 9.84. The van der Waals surface area contributed by atoms with Gasteiger partial charge in [-0.15, -0.1) is 0 Å². The Balaban J connectivity index is 1.38. The summed E-state index contributed by atoms with van der Waals surface area (Å²) >= 11 is 11.6. The van der Waals surface area contributed by atoms with Gasteiger partial charge in [0.25, 0.3) is 5.91 Å². The number of halogens is 3. The van der Waals surface area contributed by atoms with E-state index in [1.165, 1.54) is 12.1 Å². The highest BCUT2D eigenvalue weighted by Crippen LogP contribution is 2.27. The Bertz CT molecular complexity index is 974. The summed E-state index contributed by atoms with van der Waals surface area (Å²) in [7, 11) is 0. The van der Waals surface area contributed by atoms with Crippen molar-refractivity contribution >= 4 is 35.0 Å². The van der Waals surface area contributed by atoms with Gasteiger partial charge >= 0.3 is 0 Å². The number of ether oxygens (including phenoxy) is 1. The van der Waals surface area contributed by atoms with Crippen LogP contribution in [0.15, 0.2) is 42.5 Å². The monoisotopic (exact) mass is 494 g/mol. The van der Waals surface area contributed by atoms with Crippen LogP contribution in [0.3, 0.4) is 0 Å². The van der Waals surface area contributed by atoms with Crippen LogP contribution in [0.5, 0.6) is 5.75 Å². The van der Waals surface area contributed by atoms with Crippen LogP contribution in [-0.4, -0.2) is 31.0 Å². The Morgan fingerprint density at radius 1 is 1.06 bits per heavy atom. The van der Waals surface area contributed by atoms with Crippen LogP contribution in [0.4, 0.5) is 4.39 Å². The lowest BCUT2D eigenvalue weighted by molar-refractivity contribution is -0.126. The molecule has 1 aliphatic rings. The van der Waals surface area contributed by atoms with Gasteiger partial charge in [-0.1, -0.05) is 35.3 Å². The maximum absolute atomic E-state index is 13.4. The first-order valence-corrected chi connectivity index (χ1v) is 11.8. The maximum atomic E-state index is 13.4. The molecule has 0 aromatic heterocycles. The molecule has 0 saturated heterocycles. The minimum Gasteiger partial charge on any atom is -0.484 e. The molecule has 33 heavy (non-hydrogen) atoms. The van der Waals surface area contributed by atoms with E-state index in [-0.39, 0.29) is 35.2 Å². The third-order valence-corrected chi connectivity index (χ3v) is 6.72. The van der Waals surface area contributed by atoms with E-state index in [0.717, 1.165) is 37.3 Å². The summed E-state index contributed by atoms with van der Waals surface area (Å²) in [5.74, 6) is -0.219. The molecule has 2 aromatic carbocycles. The molecule has 0 aliphatic heterocycles. The van der Waals surface area contributed by atoms with Crippen molar-refractivity contribution in [2.24, 2.45) is 5.92 Å². The molecule has 1 saturated carbocycles. The van der Waals surface area contributed by atoms with Crippen molar-refractivity contribution in [1.82, 2.24) is 10.6 Å². The lowest BCUT2D eigenvalue weighted by Gasteiger charge is -2.31. The number of hydrogen-bond acceptors (Lipinski definition) is 3. The van der Waals surface area contributed by atoms with Gasteiger partial charge in [-0.25, -0.2) is 4.39 Å². The predicted octanol–water partition coefficient (Wildman–Crippen LogP) is 5.28. The highest BCUT2D eigenvalue weighted by atomic mass is 35.5. The molecule has 0 heterocycles. The Labute approximate surface area is 204 Å². The fraction of sp³-hybridized carbons (Fsp3) is 0.440. The summed E-state index contributed by atoms with van der Waals surface area (Å²) in [6, 6.07) is 11.5. The van der Waals surface area contributed by atoms with Gasteiger partial charge in [0.2, 0.25) is 5.91 Å². The summed E-state index contributed by atoms with van der Waals surface area (Å²) in [5, 5.41) is 6.71. The van der Waals surface area contributed by atoms with Gasteiger partial charge in [0.05, 0.1) is 10.4 Å². The minimum absolute atomic E-state index is 0.00768. The zero-order chi connectivity index (χ0) is 24.0. The summed E-state index contributed by atoms with van der Waals surface area (Å²) in [5.41, 5.74) is 0.266. The largest absolute Gasteiger partial charge is 0.484 e. The van der Waals surface area contributed by atoms with Gasteiger partial charge < -0.3 is 15.4 Å². The zero-order valence-electron chi connectivity index (χ0n) is 18.8. The third-order valence-electron chi connectivity index (χ3n) is 6.16. The van der Waals surface area contributed by atoms with Gasteiger partial charge in [0.1, 0.15) is 11.6 Å². The first-order valence-electron chi connectivity index (χ1n) is 11.1. The molecule has 0 spiro atoms. The van der Waals surface area contributed by atoms with Crippen molar-refractivity contribution in [3.63, 3.8) is 0 Å². The zero-order valence-corrected chi connectivity index (χ0v) is 20.3. The topological polar surface area (TPSA) is 67.4 Å². The molecule has 1 aliphatic carbocycles. The van der Waals surface area contributed by atoms with Gasteiger partial charge in [-0.3, -0.25) is 9.59 Å². The number of nitrogens with one attached hydrogen (secondary N) is 2. The summed E-state index contributed by atoms with van der Waals surface area (Å²) in [6.07, 6.45) is 3.50. The average Bonchev–Trinajstić information content (AvgIpc) is 2.79. The second kappa shape index (κ2) is 11.2. The molecular weight excluding hydrogens is 466 g/mol. The molecule has 0 unspecified atom stereocenters. The van der Waals surface area contributed by atoms with E-state index in [9.17, 15) is 14.0 Å². The third kappa shape index (κ3) is 7.08. The van der Waals surface area contributed by atoms with Gasteiger partial charge in [0.15, 0.2) is 6.61 Å². The van der Waals surface area contributed by atoms with Crippen molar-refractivity contribution in [2.45, 2.75) is 51.0 Å². The number of amides is 2. The lowest BCUT2D eigenvalue weighted by atomic mass is 9.82. The second-order valence-electron chi connectivity index (χ2n) is 8.99. The number of benzene rings is 2. The van der Waals surface area contributed by atoms with E-state index in [1.807, 2.05) is 26.0 Å². The first kappa shape index (κ1) is 25.3. The summed E-state index contributed by atoms with van der Waals surface area (Å²) in [6.45, 7) is 4.23. The molecule has 2 aromatic rings. The lowest BCUT2D eigenvalue weighted by Crippen LogP contribution is -2.44. The fourth-order valence-corrected chi connectivity index (χ4v) is 4.19. The Morgan fingerprint density at radius 3 is 2.36 bits per heavy atom. The number of carbonyl (C=O) groups excluding carboxylic acids is 2. The SMILES string of the molecule is CC(C)(C(=O)NCC1CCC(NC(=O)COc2ccc(Cl)c(F)c2)CC1)c1ccc(Cl)cc1. The van der Waals surface area contributed by atoms with Gasteiger partial charge in [0, 0.05) is 23.7 Å². The smallest absolute Gasteiger partial charge is 0.258 e. The number of rotatable bonds is 8. The van der Waals surface area contributed by atoms with E-state index < -0.39 is 11.2 Å². The van der Waals surface area contributed by atoms with Crippen LogP contribution in [0.1, 0.15) is 45.1 Å². The molecule has 5 nitrogen and oxygen atoms in total. The highest BCUT2D eigenvalue weighted by molar-refractivity contribution is 6.31. The quantitative estimate of drug-likeness (QED) is 0.524. The van der Waals surface area contributed by atoms with Crippen molar-refractivity contribution in [3.8, 4) is 5.75 Å². The van der Waals surface area contributed by atoms with Crippen molar-refractivity contribution in [2.75, 3.05) is 13.2 Å². The van der Waals surface area contributed by atoms with E-state index in [4.69, 9.17) is 27.9 Å². The molecular formula is C25H29Cl2FN2O3. The maximum Gasteiger partial charge on any atom is 0.258 e. The van der Waals surface area contributed by atoms with E-state index >= 15 is 0 Å². The number of hydrogen-bond donors (Lipinski definition) is 2. The number of carbonyl (C=O) groups is 2. The standard InChI is InChI=1S/C25H29Cl2FN2O3/c1-25(2,17-5-7-18(26)8-6-17)24(32)29-14-16-3-9-19(10-4-16)30-23(31)15-33-20-11-12-21(27)22(28)13-20/h5-8,11-13,16,19H,3-4,9-10,14-15H2,1-2H3,(H,29,32)(H,30,31). The molecule has 178 valence electrons. The minimum atomic E-state index is -0.650. The van der Waals surface area contributed by atoms with Crippen LogP contribution in [-0.2, 0) is 15.0 Å². The highest BCUT2D eigenvalue weighted by Gasteiger charge is 2.30. The Morgan fingerprint density at radius 2 is 1.73 bits per heavy atom. The molecule has 2 N–H and O–H groups in total. The molecule has 0 radical (unpaired) electrons. The van der Waals surface area contributed by atoms with Crippen molar-refractivity contribution in [1.29, 1.82) is 0 Å². The summed E-state index contributed by atoms with van der Waals surface area (Å²) < 4.78 is 18.8. The molecule has 8 heteroatoms. The van der Waals surface area contributed by atoms with Crippen LogP contribution >= 0.6 is 23.2 Å². The molecule has 0 bridgehead atoms. The van der Waals surface area contributed by atoms with E-state index in [2.05, 4.69) is 10.6 Å². The molecule has 1 fully saturated rings. The van der Waals surface area contributed by atoms with Gasteiger partial charge in [-0.05, 0) is 75.3 Å². The summed E-state index contributed by atoms with van der Waals surface area (Å²) in [4.78, 5) is 25.0. The Kier molecular flexibility index (Phi) is 8.60. The molecule has 0 atom stereocenters. The van der Waals surface area contributed by atoms with Crippen LogP contribution in [0.25, 0.3) is 0 Å². The first-order chi connectivity index (χ1) is 15.6. The van der Waals surface area contributed by atoms with Gasteiger partial charge in [-0.2, -0.15) is 0 Å². The average molecular weight is 495 g/mol.